The van der Waals surface area contributed by atoms with Gasteiger partial charge < -0.3 is 28.6 Å². The van der Waals surface area contributed by atoms with Crippen molar-refractivity contribution in [1.29, 1.82) is 0 Å². The highest BCUT2D eigenvalue weighted by atomic mass is 19.4. The molecule has 14 heteroatoms. The predicted molar refractivity (Wildman–Crippen MR) is 174 cm³/mol. The Hall–Kier alpha value is -3.39. The van der Waals surface area contributed by atoms with Crippen LogP contribution in [-0.4, -0.2) is 61.1 Å². The Morgan fingerprint density at radius 3 is 2.14 bits per heavy atom. The van der Waals surface area contributed by atoms with Crippen LogP contribution >= 0.6 is 0 Å². The van der Waals surface area contributed by atoms with E-state index in [0.29, 0.717) is 38.8 Å². The fourth-order valence-corrected chi connectivity index (χ4v) is 6.56. The molecule has 1 amide bonds. The highest BCUT2D eigenvalue weighted by molar-refractivity contribution is 6.54. The molecule has 0 atom stereocenters. The Morgan fingerprint density at radius 1 is 0.918 bits per heavy atom. The molecular weight excluding hydrogens is 653 g/mol. The van der Waals surface area contributed by atoms with Crippen molar-refractivity contribution in [1.82, 2.24) is 4.90 Å². The molecule has 3 aliphatic heterocycles. The summed E-state index contributed by atoms with van der Waals surface area (Å²) in [6, 6.07) is 5.20. The molecule has 0 saturated carbocycles. The Morgan fingerprint density at radius 2 is 1.55 bits per heavy atom. The molecule has 3 saturated heterocycles. The molecule has 2 aromatic carbocycles. The lowest BCUT2D eigenvalue weighted by atomic mass is 9.72. The predicted octanol–water partition coefficient (Wildman–Crippen LogP) is 9.34. The van der Waals surface area contributed by atoms with Crippen molar-refractivity contribution >= 4 is 25.0 Å². The first-order chi connectivity index (χ1) is 22.6. The van der Waals surface area contributed by atoms with Gasteiger partial charge in [0.1, 0.15) is 22.6 Å². The number of benzene rings is 2. The molecule has 3 fully saturated rings. The minimum Gasteiger partial charge on any atom is -0.453 e. The summed E-state index contributed by atoms with van der Waals surface area (Å²) < 4.78 is 113. The lowest BCUT2D eigenvalue weighted by Crippen LogP contribution is -2.51. The van der Waals surface area contributed by atoms with Crippen LogP contribution in [0.5, 0.6) is 11.5 Å². The van der Waals surface area contributed by atoms with Gasteiger partial charge in [-0.05, 0) is 110 Å². The zero-order valence-electron chi connectivity index (χ0n) is 28.9. The Kier molecular flexibility index (Phi) is 9.83. The molecule has 49 heavy (non-hydrogen) atoms. The van der Waals surface area contributed by atoms with Gasteiger partial charge in [0.2, 0.25) is 5.82 Å². The van der Waals surface area contributed by atoms with Crippen LogP contribution in [-0.2, 0) is 20.2 Å². The van der Waals surface area contributed by atoms with Gasteiger partial charge in [0.05, 0.1) is 16.9 Å². The van der Waals surface area contributed by atoms with Gasteiger partial charge in [0, 0.05) is 31.7 Å². The van der Waals surface area contributed by atoms with Gasteiger partial charge in [-0.15, -0.1) is 0 Å². The lowest BCUT2D eigenvalue weighted by Gasteiger charge is -2.49. The van der Waals surface area contributed by atoms with Crippen LogP contribution < -0.4 is 9.64 Å². The number of likely N-dealkylation sites (tertiary alicyclic amines) is 1. The minimum atomic E-state index is -5.05. The third kappa shape index (κ3) is 7.85. The minimum absolute atomic E-state index is 0.116. The van der Waals surface area contributed by atoms with Gasteiger partial charge in [-0.3, -0.25) is 0 Å². The number of amides is 1. The van der Waals surface area contributed by atoms with E-state index < -0.39 is 76.0 Å². The third-order valence-corrected chi connectivity index (χ3v) is 9.82. The van der Waals surface area contributed by atoms with E-state index in [0.717, 1.165) is 30.3 Å². The van der Waals surface area contributed by atoms with E-state index in [1.165, 1.54) is 6.07 Å². The largest absolute Gasteiger partial charge is 0.525 e. The maximum atomic E-state index is 15.9. The molecule has 268 valence electrons. The van der Waals surface area contributed by atoms with Crippen molar-refractivity contribution in [2.45, 2.75) is 97.1 Å². The second kappa shape index (κ2) is 13.1. The van der Waals surface area contributed by atoms with Crippen LogP contribution in [0.25, 0.3) is 6.08 Å². The van der Waals surface area contributed by atoms with Gasteiger partial charge in [-0.25, -0.2) is 13.6 Å². The van der Waals surface area contributed by atoms with Gasteiger partial charge in [0.15, 0.2) is 11.6 Å². The molecule has 2 aromatic rings. The molecule has 0 N–H and O–H groups in total. The van der Waals surface area contributed by atoms with E-state index in [4.69, 9.17) is 18.8 Å². The van der Waals surface area contributed by atoms with Crippen molar-refractivity contribution in [2.24, 2.45) is 5.41 Å². The molecule has 0 bridgehead atoms. The smallest absolute Gasteiger partial charge is 0.453 e. The highest BCUT2D eigenvalue weighted by Crippen LogP contribution is 2.50. The summed E-state index contributed by atoms with van der Waals surface area (Å²) in [5.41, 5.74) is -5.59. The van der Waals surface area contributed by atoms with E-state index in [-0.39, 0.29) is 24.3 Å². The van der Waals surface area contributed by atoms with E-state index in [9.17, 15) is 13.6 Å². The Bertz CT molecular complexity index is 1580. The summed E-state index contributed by atoms with van der Waals surface area (Å²) in [6.07, 6.45) is -2.27. The number of alkyl halides is 3. The number of rotatable bonds is 5. The van der Waals surface area contributed by atoms with Crippen LogP contribution in [0.15, 0.2) is 36.1 Å². The normalized spacial score (nSPS) is 20.9. The molecule has 3 heterocycles. The summed E-state index contributed by atoms with van der Waals surface area (Å²) in [5, 5.41) is 0. The standard InChI is InChI=1S/C35H43BF6N2O5/c1-31(2,3)47-30(45)43-18-15-34(16-19-43)14-9-17-44(21-34)29-22(20-26(38)36-48-32(4,5)33(6,7)49-36)12-13-24(27(29)35(40,41)42)46-25-11-8-10-23(37)28(25)39/h8,10-13,20H,9,14-19,21H2,1-7H3/b26-20-. The van der Waals surface area contributed by atoms with Crippen molar-refractivity contribution in [3.63, 3.8) is 0 Å². The first kappa shape index (κ1) is 36.9. The fraction of sp³-hybridized carbons (Fsp3) is 0.571. The second-order valence-corrected chi connectivity index (χ2v) is 15.1. The molecule has 0 aromatic heterocycles. The fourth-order valence-electron chi connectivity index (χ4n) is 6.56. The second-order valence-electron chi connectivity index (χ2n) is 15.1. The number of carbonyl (C=O) groups is 1. The van der Waals surface area contributed by atoms with Crippen LogP contribution in [0.2, 0.25) is 0 Å². The van der Waals surface area contributed by atoms with Gasteiger partial charge >= 0.3 is 19.4 Å². The lowest BCUT2D eigenvalue weighted by molar-refractivity contribution is -0.138. The maximum absolute atomic E-state index is 15.9. The van der Waals surface area contributed by atoms with Crippen LogP contribution in [0.3, 0.4) is 0 Å². The topological polar surface area (TPSA) is 60.5 Å². The highest BCUT2D eigenvalue weighted by Gasteiger charge is 2.53. The molecule has 5 rings (SSSR count). The number of anilines is 1. The number of ether oxygens (including phenoxy) is 2. The number of hydrogen-bond acceptors (Lipinski definition) is 6. The quantitative estimate of drug-likeness (QED) is 0.230. The summed E-state index contributed by atoms with van der Waals surface area (Å²) in [4.78, 5) is 15.9. The zero-order chi connectivity index (χ0) is 36.2. The number of hydrogen-bond donors (Lipinski definition) is 0. The SMILES string of the molecule is CC(C)(C)OC(=O)N1CCC2(CCCN(c3c(/C=C(\F)B4OC(C)(C)C(C)(C)O4)ccc(Oc4cccc(F)c4F)c3C(F)(F)F)C2)CC1. The monoisotopic (exact) mass is 696 g/mol. The molecule has 1 spiro atoms. The number of piperidine rings is 2. The third-order valence-electron chi connectivity index (χ3n) is 9.82. The van der Waals surface area contributed by atoms with Gasteiger partial charge in [-0.2, -0.15) is 17.6 Å². The van der Waals surface area contributed by atoms with E-state index in [1.54, 1.807) is 58.3 Å². The molecule has 0 radical (unpaired) electrons. The summed E-state index contributed by atoms with van der Waals surface area (Å²) >= 11 is 0. The van der Waals surface area contributed by atoms with Crippen molar-refractivity contribution in [3.05, 3.63) is 58.8 Å². The summed E-state index contributed by atoms with van der Waals surface area (Å²) in [6.45, 7) is 13.3. The molecule has 0 aliphatic carbocycles. The average Bonchev–Trinajstić information content (AvgIpc) is 3.21. The first-order valence-electron chi connectivity index (χ1n) is 16.4. The maximum Gasteiger partial charge on any atom is 0.525 e. The average molecular weight is 697 g/mol. The Balaban J connectivity index is 1.56. The number of nitrogens with zero attached hydrogens (tertiary/aromatic N) is 2. The van der Waals surface area contributed by atoms with Gasteiger partial charge in [0.25, 0.3) is 0 Å². The molecular formula is C35H43BF6N2O5. The van der Waals surface area contributed by atoms with Crippen LogP contribution in [0.1, 0.15) is 85.3 Å². The van der Waals surface area contributed by atoms with E-state index in [2.05, 4.69) is 0 Å². The van der Waals surface area contributed by atoms with E-state index >= 15 is 17.6 Å². The van der Waals surface area contributed by atoms with E-state index in [1.807, 2.05) is 0 Å². The van der Waals surface area contributed by atoms with Gasteiger partial charge in [-0.1, -0.05) is 6.07 Å². The summed E-state index contributed by atoms with van der Waals surface area (Å²) in [7, 11) is -1.46. The van der Waals surface area contributed by atoms with Crippen LogP contribution in [0.4, 0.5) is 36.8 Å². The first-order valence-corrected chi connectivity index (χ1v) is 16.4. The van der Waals surface area contributed by atoms with Crippen LogP contribution in [0, 0.1) is 17.0 Å². The molecule has 3 aliphatic rings. The van der Waals surface area contributed by atoms with Crippen molar-refractivity contribution in [3.8, 4) is 11.5 Å². The molecule has 0 unspecified atom stereocenters. The Labute approximate surface area is 283 Å². The summed E-state index contributed by atoms with van der Waals surface area (Å²) in [5.74, 6) is -4.22. The zero-order valence-corrected chi connectivity index (χ0v) is 28.9. The number of halogens is 6. The molecule has 7 nitrogen and oxygen atoms in total. The van der Waals surface area contributed by atoms with Crippen molar-refractivity contribution in [2.75, 3.05) is 31.1 Å². The number of carbonyl (C=O) groups excluding carboxylic acids is 1. The van der Waals surface area contributed by atoms with Crippen molar-refractivity contribution < 1.29 is 49.9 Å².